The van der Waals surface area contributed by atoms with Crippen molar-refractivity contribution in [1.29, 1.82) is 0 Å². The minimum atomic E-state index is -1.12. The van der Waals surface area contributed by atoms with Crippen LogP contribution in [0, 0.1) is 5.92 Å². The minimum Gasteiger partial charge on any atom is -0.488 e. The van der Waals surface area contributed by atoms with E-state index in [1.165, 1.54) is 0 Å². The summed E-state index contributed by atoms with van der Waals surface area (Å²) in [5.74, 6) is 1.42. The number of pyridine rings is 1. The molecule has 0 aromatic carbocycles. The van der Waals surface area contributed by atoms with E-state index in [-0.39, 0.29) is 10.8 Å². The zero-order chi connectivity index (χ0) is 19.7. The number of methoxy groups -OCH3 is 2. The van der Waals surface area contributed by atoms with Gasteiger partial charge in [-0.1, -0.05) is 13.8 Å². The summed E-state index contributed by atoms with van der Waals surface area (Å²) in [4.78, 5) is 4.35. The number of nitrogens with one attached hydrogen (secondary N) is 1. The van der Waals surface area contributed by atoms with Gasteiger partial charge in [0.05, 0.1) is 29.4 Å². The predicted octanol–water partition coefficient (Wildman–Crippen LogP) is 3.12. The molecule has 2 atom stereocenters. The molecule has 0 radical (unpaired) electrons. The first kappa shape index (κ1) is 22.9. The van der Waals surface area contributed by atoms with Crippen LogP contribution in [0.1, 0.15) is 46.6 Å². The summed E-state index contributed by atoms with van der Waals surface area (Å²) in [5.41, 5.74) is 1.02. The van der Waals surface area contributed by atoms with E-state index >= 15 is 0 Å². The molecule has 0 spiro atoms. The zero-order valence-corrected chi connectivity index (χ0v) is 17.9. The highest BCUT2D eigenvalue weighted by Crippen LogP contribution is 2.26. The van der Waals surface area contributed by atoms with Crippen molar-refractivity contribution in [2.45, 2.75) is 58.2 Å². The molecule has 2 unspecified atom stereocenters. The number of ether oxygens (including phenoxy) is 3. The molecular formula is C19H34N2O4S. The van der Waals surface area contributed by atoms with Crippen LogP contribution in [0.15, 0.2) is 12.3 Å². The Kier molecular flexibility index (Phi) is 9.54. The molecule has 0 saturated heterocycles. The molecule has 0 amide bonds. The summed E-state index contributed by atoms with van der Waals surface area (Å²) in [6.07, 6.45) is 3.30. The number of aromatic nitrogens is 1. The van der Waals surface area contributed by atoms with Gasteiger partial charge in [-0.15, -0.1) is 0 Å². The fraction of sp³-hybridized carbons (Fsp3) is 0.737. The molecule has 0 aliphatic carbocycles. The molecule has 1 aromatic heterocycles. The Hall–Kier alpha value is -1.18. The summed E-state index contributed by atoms with van der Waals surface area (Å²) >= 11 is 0. The first-order valence-corrected chi connectivity index (χ1v) is 10.2. The second kappa shape index (κ2) is 10.8. The lowest BCUT2D eigenvalue weighted by Crippen LogP contribution is -2.43. The van der Waals surface area contributed by atoms with Crippen LogP contribution >= 0.6 is 0 Å². The molecule has 6 nitrogen and oxygen atoms in total. The number of nitrogens with zero attached hydrogens (tertiary/aromatic N) is 1. The van der Waals surface area contributed by atoms with E-state index in [1.807, 2.05) is 26.8 Å². The van der Waals surface area contributed by atoms with Gasteiger partial charge in [0, 0.05) is 32.4 Å². The third-order valence-electron chi connectivity index (χ3n) is 3.89. The fourth-order valence-electron chi connectivity index (χ4n) is 2.21. The van der Waals surface area contributed by atoms with Crippen molar-refractivity contribution in [3.05, 3.63) is 17.8 Å². The van der Waals surface area contributed by atoms with E-state index in [2.05, 4.69) is 23.6 Å². The molecule has 150 valence electrons. The van der Waals surface area contributed by atoms with Gasteiger partial charge in [0.15, 0.2) is 5.75 Å². The first-order valence-electron chi connectivity index (χ1n) is 9.01. The normalized spacial score (nSPS) is 14.3. The monoisotopic (exact) mass is 386 g/mol. The Morgan fingerprint density at radius 2 is 1.92 bits per heavy atom. The summed E-state index contributed by atoms with van der Waals surface area (Å²) in [6.45, 7) is 11.3. The SMILES string of the molecule is COCCCOc1cc(CC(NS(=O)C(C)(C)C)C(C)C)cnc1OC. The van der Waals surface area contributed by atoms with E-state index < -0.39 is 11.0 Å². The van der Waals surface area contributed by atoms with Gasteiger partial charge in [0.2, 0.25) is 0 Å². The smallest absolute Gasteiger partial charge is 0.256 e. The quantitative estimate of drug-likeness (QED) is 0.592. The van der Waals surface area contributed by atoms with E-state index in [9.17, 15) is 4.21 Å². The molecule has 0 saturated carbocycles. The Balaban J connectivity index is 2.86. The van der Waals surface area contributed by atoms with Crippen molar-refractivity contribution in [2.24, 2.45) is 5.92 Å². The van der Waals surface area contributed by atoms with Gasteiger partial charge in [-0.05, 0) is 44.7 Å². The van der Waals surface area contributed by atoms with Crippen LogP contribution in [0.25, 0.3) is 0 Å². The Morgan fingerprint density at radius 1 is 1.23 bits per heavy atom. The average molecular weight is 387 g/mol. The Labute approximate surface area is 160 Å². The molecule has 0 aliphatic heterocycles. The van der Waals surface area contributed by atoms with Gasteiger partial charge in [0.25, 0.3) is 5.88 Å². The second-order valence-electron chi connectivity index (χ2n) is 7.60. The second-order valence-corrected chi connectivity index (χ2v) is 9.60. The lowest BCUT2D eigenvalue weighted by atomic mass is 9.98. The molecule has 0 aliphatic rings. The van der Waals surface area contributed by atoms with Crippen LogP contribution in [-0.2, 0) is 22.1 Å². The molecule has 0 fully saturated rings. The molecular weight excluding hydrogens is 352 g/mol. The molecule has 7 heteroatoms. The predicted molar refractivity (Wildman–Crippen MR) is 106 cm³/mol. The van der Waals surface area contributed by atoms with E-state index in [0.717, 1.165) is 12.0 Å². The highest BCUT2D eigenvalue weighted by atomic mass is 32.2. The molecule has 1 N–H and O–H groups in total. The average Bonchev–Trinajstić information content (AvgIpc) is 2.57. The van der Waals surface area contributed by atoms with Crippen molar-refractivity contribution in [2.75, 3.05) is 27.4 Å². The van der Waals surface area contributed by atoms with Crippen molar-refractivity contribution in [1.82, 2.24) is 9.71 Å². The van der Waals surface area contributed by atoms with Crippen LogP contribution in [0.2, 0.25) is 0 Å². The van der Waals surface area contributed by atoms with Gasteiger partial charge >= 0.3 is 0 Å². The largest absolute Gasteiger partial charge is 0.488 e. The maximum atomic E-state index is 12.5. The minimum absolute atomic E-state index is 0.0756. The van der Waals surface area contributed by atoms with Gasteiger partial charge in [0.1, 0.15) is 0 Å². The standard InChI is InChI=1S/C19H34N2O4S/c1-14(2)16(21-26(22)19(3,4)5)11-15-12-17(18(24-7)20-13-15)25-10-8-9-23-6/h12-14,16,21H,8-11H2,1-7H3. The number of hydrogen-bond donors (Lipinski definition) is 1. The van der Waals surface area contributed by atoms with Crippen LogP contribution in [0.5, 0.6) is 11.6 Å². The number of rotatable bonds is 11. The third kappa shape index (κ3) is 7.60. The Bertz CT molecular complexity index is 573. The summed E-state index contributed by atoms with van der Waals surface area (Å²) in [5, 5.41) is 0. The van der Waals surface area contributed by atoms with E-state index in [1.54, 1.807) is 20.4 Å². The molecule has 1 rings (SSSR count). The number of hydrogen-bond acceptors (Lipinski definition) is 5. The summed E-state index contributed by atoms with van der Waals surface area (Å²) in [7, 11) is 2.13. The van der Waals surface area contributed by atoms with E-state index in [0.29, 0.717) is 37.2 Å². The van der Waals surface area contributed by atoms with Crippen LogP contribution in [0.4, 0.5) is 0 Å². The highest BCUT2D eigenvalue weighted by Gasteiger charge is 2.25. The van der Waals surface area contributed by atoms with Gasteiger partial charge in [-0.3, -0.25) is 0 Å². The fourth-order valence-corrected chi connectivity index (χ4v) is 3.19. The van der Waals surface area contributed by atoms with Crippen molar-refractivity contribution < 1.29 is 18.4 Å². The molecule has 26 heavy (non-hydrogen) atoms. The lowest BCUT2D eigenvalue weighted by Gasteiger charge is -2.27. The van der Waals surface area contributed by atoms with Crippen LogP contribution in [0.3, 0.4) is 0 Å². The Morgan fingerprint density at radius 3 is 2.46 bits per heavy atom. The lowest BCUT2D eigenvalue weighted by molar-refractivity contribution is 0.170. The molecule has 1 heterocycles. The zero-order valence-electron chi connectivity index (χ0n) is 17.1. The maximum Gasteiger partial charge on any atom is 0.256 e. The van der Waals surface area contributed by atoms with Crippen molar-refractivity contribution >= 4 is 11.0 Å². The summed E-state index contributed by atoms with van der Waals surface area (Å²) < 4.78 is 31.6. The van der Waals surface area contributed by atoms with E-state index in [4.69, 9.17) is 14.2 Å². The first-order chi connectivity index (χ1) is 12.2. The van der Waals surface area contributed by atoms with Crippen molar-refractivity contribution in [3.63, 3.8) is 0 Å². The maximum absolute atomic E-state index is 12.5. The molecule has 0 bridgehead atoms. The highest BCUT2D eigenvalue weighted by molar-refractivity contribution is 7.84. The van der Waals surface area contributed by atoms with Gasteiger partial charge in [-0.2, -0.15) is 0 Å². The topological polar surface area (TPSA) is 69.7 Å². The van der Waals surface area contributed by atoms with Gasteiger partial charge < -0.3 is 14.2 Å². The molecule has 1 aromatic rings. The van der Waals surface area contributed by atoms with Gasteiger partial charge in [-0.25, -0.2) is 13.9 Å². The third-order valence-corrected chi connectivity index (χ3v) is 5.52. The van der Waals surface area contributed by atoms with Crippen molar-refractivity contribution in [3.8, 4) is 11.6 Å². The van der Waals surface area contributed by atoms with Crippen LogP contribution in [-0.4, -0.2) is 47.4 Å². The van der Waals surface area contributed by atoms with Crippen LogP contribution < -0.4 is 14.2 Å². The summed E-state index contributed by atoms with van der Waals surface area (Å²) in [6, 6.07) is 2.03.